The van der Waals surface area contributed by atoms with Crippen LogP contribution in [0, 0.1) is 0 Å². The molecule has 2 rings (SSSR count). The van der Waals surface area contributed by atoms with E-state index in [0.29, 0.717) is 11.5 Å². The number of hydrogen-bond acceptors (Lipinski definition) is 2. The van der Waals surface area contributed by atoms with Crippen molar-refractivity contribution in [3.8, 4) is 0 Å². The molecule has 0 radical (unpaired) electrons. The number of fused-ring (bicyclic) bond motifs is 1. The van der Waals surface area contributed by atoms with Crippen molar-refractivity contribution in [1.82, 2.24) is 0 Å². The first kappa shape index (κ1) is 14.8. The van der Waals surface area contributed by atoms with Gasteiger partial charge in [-0.1, -0.05) is 15.9 Å². The highest BCUT2D eigenvalue weighted by Crippen LogP contribution is 2.23. The molecular weight excluding hydrogens is 368 g/mol. The monoisotopic (exact) mass is 378 g/mol. The smallest absolute Gasteiger partial charge is 0.246 e. The lowest BCUT2D eigenvalue weighted by molar-refractivity contribution is -0.0000111. The van der Waals surface area contributed by atoms with E-state index < -0.39 is 0 Å². The lowest BCUT2D eigenvalue weighted by Crippen LogP contribution is -3.00. The van der Waals surface area contributed by atoms with Gasteiger partial charge in [-0.05, 0) is 35.2 Å². The molecule has 0 amide bonds. The maximum absolute atomic E-state index is 11.8. The van der Waals surface area contributed by atoms with Crippen LogP contribution in [0.25, 0.3) is 11.0 Å². The average molecular weight is 380 g/mol. The zero-order chi connectivity index (χ0) is 11.7. The molecule has 0 spiro atoms. The minimum atomic E-state index is 0. The van der Waals surface area contributed by atoms with Gasteiger partial charge in [-0.15, -0.1) is 0 Å². The fraction of sp³-hybridized carbons (Fsp3) is 0.250. The van der Waals surface area contributed by atoms with Crippen molar-refractivity contribution < 1.29 is 26.2 Å². The minimum Gasteiger partial charge on any atom is -1.00 e. The molecule has 0 aliphatic heterocycles. The molecule has 2 nitrogen and oxygen atoms in total. The minimum absolute atomic E-state index is 0. The van der Waals surface area contributed by atoms with Gasteiger partial charge in [0.15, 0.2) is 11.5 Å². The zero-order valence-corrected chi connectivity index (χ0v) is 13.5. The topological polar surface area (TPSA) is 30.2 Å². The lowest BCUT2D eigenvalue weighted by atomic mass is 10.2. The van der Waals surface area contributed by atoms with Crippen molar-refractivity contribution in [2.24, 2.45) is 0 Å². The van der Waals surface area contributed by atoms with E-state index in [4.69, 9.17) is 4.42 Å². The third-order valence-corrected chi connectivity index (χ3v) is 3.51. The summed E-state index contributed by atoms with van der Waals surface area (Å²) in [5.41, 5.74) is 0.763. The number of hydrogen-bond donors (Lipinski definition) is 0. The summed E-state index contributed by atoms with van der Waals surface area (Å²) in [5, 5.41) is 0.963. The summed E-state index contributed by atoms with van der Waals surface area (Å²) in [6.07, 6.45) is 4.11. The zero-order valence-electron chi connectivity index (χ0n) is 9.50. The number of furan rings is 1. The van der Waals surface area contributed by atoms with Gasteiger partial charge in [0.1, 0.15) is 5.58 Å². The molecule has 1 aromatic carbocycles. The van der Waals surface area contributed by atoms with Crippen molar-refractivity contribution in [3.05, 3.63) is 34.5 Å². The second kappa shape index (κ2) is 6.07. The number of ketones is 1. The predicted octanol–water partition coefficient (Wildman–Crippen LogP) is 0.260. The summed E-state index contributed by atoms with van der Waals surface area (Å²) in [5.74, 6) is 1.11. The Morgan fingerprint density at radius 1 is 1.35 bits per heavy atom. The Hall–Kier alpha value is -0.260. The number of benzene rings is 1. The van der Waals surface area contributed by atoms with Crippen molar-refractivity contribution in [3.63, 3.8) is 0 Å². The van der Waals surface area contributed by atoms with Crippen LogP contribution in [0.1, 0.15) is 10.6 Å². The van der Waals surface area contributed by atoms with E-state index in [1.165, 1.54) is 0 Å². The highest BCUT2D eigenvalue weighted by Gasteiger charge is 2.18. The largest absolute Gasteiger partial charge is 1.00 e. The number of halogens is 2. The second-order valence-corrected chi connectivity index (χ2v) is 7.02. The Morgan fingerprint density at radius 3 is 2.71 bits per heavy atom. The Bertz CT molecular complexity index is 534. The highest BCUT2D eigenvalue weighted by atomic mass is 79.9. The van der Waals surface area contributed by atoms with E-state index >= 15 is 0 Å². The van der Waals surface area contributed by atoms with E-state index in [-0.39, 0.29) is 33.7 Å². The van der Waals surface area contributed by atoms with Gasteiger partial charge < -0.3 is 21.4 Å². The SMILES string of the molecule is C[S+](C)CC(=O)c1cc2cc(Br)ccc2o1.[Br-]. The predicted molar refractivity (Wildman–Crippen MR) is 72.3 cm³/mol. The van der Waals surface area contributed by atoms with Crippen LogP contribution < -0.4 is 17.0 Å². The molecule has 0 atom stereocenters. The van der Waals surface area contributed by atoms with Gasteiger partial charge in [0, 0.05) is 9.86 Å². The molecule has 92 valence electrons. The maximum Gasteiger partial charge on any atom is 0.246 e. The molecule has 0 aliphatic carbocycles. The normalized spacial score (nSPS) is 10.6. The molecule has 0 fully saturated rings. The van der Waals surface area contributed by atoms with Gasteiger partial charge in [-0.3, -0.25) is 4.79 Å². The fourth-order valence-electron chi connectivity index (χ4n) is 1.48. The second-order valence-electron chi connectivity index (χ2n) is 3.85. The first-order valence-corrected chi connectivity index (χ1v) is 7.83. The van der Waals surface area contributed by atoms with E-state index in [9.17, 15) is 4.79 Å². The van der Waals surface area contributed by atoms with Crippen LogP contribution >= 0.6 is 15.9 Å². The summed E-state index contributed by atoms with van der Waals surface area (Å²) >= 11 is 3.39. The standard InChI is InChI=1S/C12H12BrO2S.BrH/c1-16(2)7-10(14)12-6-8-5-9(13)3-4-11(8)15-12;/h3-6H,7H2,1-2H3;1H/q+1;/p-1. The van der Waals surface area contributed by atoms with Crippen molar-refractivity contribution in [2.45, 2.75) is 0 Å². The Balaban J connectivity index is 0.00000144. The summed E-state index contributed by atoms with van der Waals surface area (Å²) in [4.78, 5) is 11.8. The summed E-state index contributed by atoms with van der Waals surface area (Å²) in [6, 6.07) is 7.54. The van der Waals surface area contributed by atoms with Crippen LogP contribution in [-0.2, 0) is 10.9 Å². The van der Waals surface area contributed by atoms with E-state index in [0.717, 1.165) is 15.4 Å². The third kappa shape index (κ3) is 3.60. The van der Waals surface area contributed by atoms with Crippen LogP contribution in [0.15, 0.2) is 33.2 Å². The van der Waals surface area contributed by atoms with E-state index in [1.54, 1.807) is 0 Å². The van der Waals surface area contributed by atoms with Gasteiger partial charge in [-0.25, -0.2) is 0 Å². The van der Waals surface area contributed by atoms with E-state index in [1.807, 2.05) is 24.3 Å². The number of rotatable bonds is 3. The molecule has 1 aromatic heterocycles. The Kier molecular flexibility index (Phi) is 5.28. The van der Waals surface area contributed by atoms with Crippen LogP contribution in [0.2, 0.25) is 0 Å². The highest BCUT2D eigenvalue weighted by molar-refractivity contribution is 9.10. The molecule has 0 unspecified atom stereocenters. The molecule has 0 aliphatic rings. The van der Waals surface area contributed by atoms with Gasteiger partial charge in [0.05, 0.1) is 12.5 Å². The van der Waals surface area contributed by atoms with Gasteiger partial charge in [0.25, 0.3) is 0 Å². The van der Waals surface area contributed by atoms with Crippen LogP contribution in [0.4, 0.5) is 0 Å². The third-order valence-electron chi connectivity index (χ3n) is 2.17. The summed E-state index contributed by atoms with van der Waals surface area (Å²) < 4.78 is 6.51. The Morgan fingerprint density at radius 2 is 2.06 bits per heavy atom. The first-order valence-electron chi connectivity index (χ1n) is 4.83. The van der Waals surface area contributed by atoms with Gasteiger partial charge >= 0.3 is 0 Å². The van der Waals surface area contributed by atoms with Crippen LogP contribution in [0.3, 0.4) is 0 Å². The van der Waals surface area contributed by atoms with Crippen LogP contribution in [-0.4, -0.2) is 24.0 Å². The fourth-order valence-corrected chi connectivity index (χ4v) is 2.53. The van der Waals surface area contributed by atoms with Crippen LogP contribution in [0.5, 0.6) is 0 Å². The first-order chi connectivity index (χ1) is 7.56. The average Bonchev–Trinajstić information content (AvgIpc) is 2.59. The van der Waals surface area contributed by atoms with Gasteiger partial charge in [0.2, 0.25) is 5.78 Å². The van der Waals surface area contributed by atoms with Gasteiger partial charge in [-0.2, -0.15) is 0 Å². The quantitative estimate of drug-likeness (QED) is 0.565. The van der Waals surface area contributed by atoms with Crippen molar-refractivity contribution >= 4 is 43.6 Å². The molecule has 1 heterocycles. The van der Waals surface area contributed by atoms with Crippen molar-refractivity contribution in [1.29, 1.82) is 0 Å². The molecule has 2 aromatic rings. The molecule has 0 saturated heterocycles. The Labute approximate surface area is 122 Å². The number of carbonyl (C=O) groups is 1. The number of Topliss-reactive ketones (excluding diaryl/α,β-unsaturated/α-hetero) is 1. The number of carbonyl (C=O) groups excluding carboxylic acids is 1. The molecule has 0 saturated carbocycles. The lowest BCUT2D eigenvalue weighted by Gasteiger charge is -1.93. The summed E-state index contributed by atoms with van der Waals surface area (Å²) in [7, 11) is 0.109. The maximum atomic E-state index is 11.8. The molecule has 0 N–H and O–H groups in total. The summed E-state index contributed by atoms with van der Waals surface area (Å²) in [6.45, 7) is 0. The molecular formula is C12H12Br2O2S. The molecule has 5 heteroatoms. The molecule has 17 heavy (non-hydrogen) atoms. The van der Waals surface area contributed by atoms with E-state index in [2.05, 4.69) is 28.4 Å². The molecule has 0 bridgehead atoms. The van der Waals surface area contributed by atoms with Crippen molar-refractivity contribution in [2.75, 3.05) is 18.3 Å².